The van der Waals surface area contributed by atoms with Gasteiger partial charge in [-0.3, -0.25) is 19.7 Å². The van der Waals surface area contributed by atoms with Crippen LogP contribution in [0.4, 0.5) is 22.7 Å². The summed E-state index contributed by atoms with van der Waals surface area (Å²) in [6, 6.07) is 20.6. The van der Waals surface area contributed by atoms with Crippen molar-refractivity contribution in [1.29, 1.82) is 0 Å². The van der Waals surface area contributed by atoms with Gasteiger partial charge in [0.25, 0.3) is 11.6 Å². The molecule has 0 aromatic heterocycles. The van der Waals surface area contributed by atoms with E-state index in [1.807, 2.05) is 35.2 Å². The van der Waals surface area contributed by atoms with Crippen LogP contribution in [-0.4, -0.2) is 43.0 Å². The van der Waals surface area contributed by atoms with Gasteiger partial charge >= 0.3 is 0 Å². The van der Waals surface area contributed by atoms with Crippen LogP contribution in [0, 0.1) is 10.1 Å². The zero-order valence-corrected chi connectivity index (χ0v) is 18.4. The highest BCUT2D eigenvalue weighted by molar-refractivity contribution is 6.05. The first-order valence-corrected chi connectivity index (χ1v) is 10.9. The molecule has 1 aliphatic heterocycles. The monoisotopic (exact) mass is 460 g/mol. The summed E-state index contributed by atoms with van der Waals surface area (Å²) in [6.45, 7) is 2.12. The van der Waals surface area contributed by atoms with Gasteiger partial charge in [0, 0.05) is 36.1 Å². The molecule has 3 aromatic rings. The zero-order chi connectivity index (χ0) is 23.9. The van der Waals surface area contributed by atoms with Crippen LogP contribution in [0.2, 0.25) is 0 Å². The predicted molar refractivity (Wildman–Crippen MR) is 129 cm³/mol. The maximum absolute atomic E-state index is 12.7. The molecular formula is C25H24N4O5. The van der Waals surface area contributed by atoms with Gasteiger partial charge in [0.05, 0.1) is 24.6 Å². The second-order valence-corrected chi connectivity index (χ2v) is 7.80. The fourth-order valence-electron chi connectivity index (χ4n) is 3.71. The molecule has 174 valence electrons. The van der Waals surface area contributed by atoms with Crippen LogP contribution in [0.1, 0.15) is 15.9 Å². The average molecular weight is 460 g/mol. The lowest BCUT2D eigenvalue weighted by Gasteiger charge is -2.28. The van der Waals surface area contributed by atoms with Crippen LogP contribution >= 0.6 is 0 Å². The molecule has 0 aliphatic carbocycles. The summed E-state index contributed by atoms with van der Waals surface area (Å²) in [7, 11) is 0. The summed E-state index contributed by atoms with van der Waals surface area (Å²) in [5.74, 6) is -0.604. The molecule has 1 aliphatic rings. The first kappa shape index (κ1) is 22.9. The average Bonchev–Trinajstić information content (AvgIpc) is 2.86. The normalized spacial score (nSPS) is 13.2. The van der Waals surface area contributed by atoms with Crippen LogP contribution < -0.4 is 15.5 Å². The molecule has 2 amide bonds. The second kappa shape index (κ2) is 10.6. The standard InChI is InChI=1S/C25H24N4O5/c30-24(16-18-4-2-1-3-5-18)26-20-7-9-21(10-8-20)27-25(31)19-6-11-22(23(17-19)29(32)33)28-12-14-34-15-13-28/h1-11,17H,12-16H2,(H,26,30)(H,27,31). The molecular weight excluding hydrogens is 436 g/mol. The SMILES string of the molecule is O=C(Cc1ccccc1)Nc1ccc(NC(=O)c2ccc(N3CCOCC3)c([N+](=O)[O-])c2)cc1. The van der Waals surface area contributed by atoms with Crippen molar-refractivity contribution >= 4 is 34.6 Å². The summed E-state index contributed by atoms with van der Waals surface area (Å²) in [4.78, 5) is 37.9. The number of benzene rings is 3. The third-order valence-corrected chi connectivity index (χ3v) is 5.42. The fourth-order valence-corrected chi connectivity index (χ4v) is 3.71. The highest BCUT2D eigenvalue weighted by Gasteiger charge is 2.23. The fraction of sp³-hybridized carbons (Fsp3) is 0.200. The molecule has 0 atom stereocenters. The number of carbonyl (C=O) groups is 2. The molecule has 0 bridgehead atoms. The number of ether oxygens (including phenoxy) is 1. The Balaban J connectivity index is 1.39. The Labute approximate surface area is 196 Å². The minimum atomic E-state index is -0.478. The Kier molecular flexibility index (Phi) is 7.14. The molecule has 9 nitrogen and oxygen atoms in total. The quantitative estimate of drug-likeness (QED) is 0.409. The molecule has 0 saturated carbocycles. The van der Waals surface area contributed by atoms with Gasteiger partial charge in [-0.25, -0.2) is 0 Å². The lowest BCUT2D eigenvalue weighted by atomic mass is 10.1. The van der Waals surface area contributed by atoms with E-state index in [0.29, 0.717) is 43.4 Å². The highest BCUT2D eigenvalue weighted by Crippen LogP contribution is 2.30. The molecule has 0 spiro atoms. The summed E-state index contributed by atoms with van der Waals surface area (Å²) in [6.07, 6.45) is 0.262. The van der Waals surface area contributed by atoms with E-state index in [4.69, 9.17) is 4.74 Å². The molecule has 1 saturated heterocycles. The van der Waals surface area contributed by atoms with Crippen LogP contribution in [0.3, 0.4) is 0 Å². The number of amides is 2. The molecule has 3 aromatic carbocycles. The van der Waals surface area contributed by atoms with Crippen molar-refractivity contribution in [3.63, 3.8) is 0 Å². The highest BCUT2D eigenvalue weighted by atomic mass is 16.6. The van der Waals surface area contributed by atoms with Gasteiger partial charge in [-0.1, -0.05) is 30.3 Å². The topological polar surface area (TPSA) is 114 Å². The molecule has 4 rings (SSSR count). The Morgan fingerprint density at radius 1 is 0.912 bits per heavy atom. The van der Waals surface area contributed by atoms with E-state index in [2.05, 4.69) is 10.6 Å². The Morgan fingerprint density at radius 2 is 1.56 bits per heavy atom. The Bertz CT molecular complexity index is 1180. The van der Waals surface area contributed by atoms with E-state index in [9.17, 15) is 19.7 Å². The lowest BCUT2D eigenvalue weighted by molar-refractivity contribution is -0.384. The minimum absolute atomic E-state index is 0.119. The number of hydrogen-bond acceptors (Lipinski definition) is 6. The molecule has 0 unspecified atom stereocenters. The van der Waals surface area contributed by atoms with Crippen molar-refractivity contribution in [2.24, 2.45) is 0 Å². The van der Waals surface area contributed by atoms with Crippen molar-refractivity contribution in [1.82, 2.24) is 0 Å². The maximum atomic E-state index is 12.7. The lowest BCUT2D eigenvalue weighted by Crippen LogP contribution is -2.36. The minimum Gasteiger partial charge on any atom is -0.378 e. The van der Waals surface area contributed by atoms with E-state index in [1.54, 1.807) is 36.4 Å². The van der Waals surface area contributed by atoms with Crippen LogP contribution in [0.5, 0.6) is 0 Å². The number of nitro groups is 1. The predicted octanol–water partition coefficient (Wildman–Crippen LogP) is 3.86. The van der Waals surface area contributed by atoms with E-state index in [0.717, 1.165) is 5.56 Å². The summed E-state index contributed by atoms with van der Waals surface area (Å²) < 4.78 is 5.31. The van der Waals surface area contributed by atoms with Crippen molar-refractivity contribution in [2.75, 3.05) is 41.8 Å². The Morgan fingerprint density at radius 3 is 2.21 bits per heavy atom. The van der Waals surface area contributed by atoms with E-state index >= 15 is 0 Å². The first-order valence-electron chi connectivity index (χ1n) is 10.9. The van der Waals surface area contributed by atoms with E-state index in [-0.39, 0.29) is 23.6 Å². The number of nitrogens with zero attached hydrogens (tertiary/aromatic N) is 2. The van der Waals surface area contributed by atoms with Gasteiger partial charge in [0.15, 0.2) is 0 Å². The molecule has 9 heteroatoms. The van der Waals surface area contributed by atoms with Crippen molar-refractivity contribution in [3.05, 3.63) is 94.0 Å². The first-order chi connectivity index (χ1) is 16.5. The third kappa shape index (κ3) is 5.76. The van der Waals surface area contributed by atoms with Crippen LogP contribution in [-0.2, 0) is 16.0 Å². The molecule has 1 heterocycles. The van der Waals surface area contributed by atoms with Gasteiger partial charge in [-0.15, -0.1) is 0 Å². The van der Waals surface area contributed by atoms with Crippen LogP contribution in [0.15, 0.2) is 72.8 Å². The summed E-state index contributed by atoms with van der Waals surface area (Å²) >= 11 is 0. The molecule has 34 heavy (non-hydrogen) atoms. The number of rotatable bonds is 7. The number of carbonyl (C=O) groups excluding carboxylic acids is 2. The van der Waals surface area contributed by atoms with Crippen molar-refractivity contribution in [2.45, 2.75) is 6.42 Å². The largest absolute Gasteiger partial charge is 0.378 e. The van der Waals surface area contributed by atoms with Crippen LogP contribution in [0.25, 0.3) is 0 Å². The maximum Gasteiger partial charge on any atom is 0.293 e. The summed E-state index contributed by atoms with van der Waals surface area (Å²) in [5.41, 5.74) is 2.56. The summed E-state index contributed by atoms with van der Waals surface area (Å²) in [5, 5.41) is 17.2. The smallest absolute Gasteiger partial charge is 0.293 e. The number of hydrogen-bond donors (Lipinski definition) is 2. The number of anilines is 3. The van der Waals surface area contributed by atoms with Crippen molar-refractivity contribution in [3.8, 4) is 0 Å². The second-order valence-electron chi connectivity index (χ2n) is 7.80. The zero-order valence-electron chi connectivity index (χ0n) is 18.4. The van der Waals surface area contributed by atoms with E-state index in [1.165, 1.54) is 6.07 Å². The number of morpholine rings is 1. The third-order valence-electron chi connectivity index (χ3n) is 5.42. The number of nitrogens with one attached hydrogen (secondary N) is 2. The van der Waals surface area contributed by atoms with Gasteiger partial charge in [-0.05, 0) is 42.0 Å². The van der Waals surface area contributed by atoms with Gasteiger partial charge < -0.3 is 20.3 Å². The van der Waals surface area contributed by atoms with Gasteiger partial charge in [-0.2, -0.15) is 0 Å². The van der Waals surface area contributed by atoms with E-state index < -0.39 is 10.8 Å². The molecule has 1 fully saturated rings. The van der Waals surface area contributed by atoms with Gasteiger partial charge in [0.1, 0.15) is 5.69 Å². The molecule has 0 radical (unpaired) electrons. The number of nitro benzene ring substituents is 1. The van der Waals surface area contributed by atoms with Gasteiger partial charge in [0.2, 0.25) is 5.91 Å². The van der Waals surface area contributed by atoms with Crippen molar-refractivity contribution < 1.29 is 19.2 Å². The Hall–Kier alpha value is -4.24. The molecule has 2 N–H and O–H groups in total.